The van der Waals surface area contributed by atoms with Gasteiger partial charge < -0.3 is 15.5 Å². The van der Waals surface area contributed by atoms with Gasteiger partial charge >= 0.3 is 0 Å². The van der Waals surface area contributed by atoms with Gasteiger partial charge in [0.25, 0.3) is 5.91 Å². The fourth-order valence-electron chi connectivity index (χ4n) is 4.13. The zero-order chi connectivity index (χ0) is 19.2. The highest BCUT2D eigenvalue weighted by molar-refractivity contribution is 6.13. The van der Waals surface area contributed by atoms with Gasteiger partial charge in [0.05, 0.1) is 22.5 Å². The fraction of sp³-hybridized carbons (Fsp3) is 0.579. The molecular formula is C19H26N6O2. The Labute approximate surface area is 158 Å². The minimum absolute atomic E-state index is 0.182. The summed E-state index contributed by atoms with van der Waals surface area (Å²) in [5, 5.41) is 16.2. The van der Waals surface area contributed by atoms with E-state index in [1.165, 1.54) is 12.8 Å². The maximum Gasteiger partial charge on any atom is 0.266 e. The number of anilines is 1. The molecule has 144 valence electrons. The molecule has 0 radical (unpaired) electrons. The number of nitrogens with one attached hydrogen (secondary N) is 2. The van der Waals surface area contributed by atoms with Gasteiger partial charge in [-0.2, -0.15) is 5.10 Å². The maximum absolute atomic E-state index is 12.2. The van der Waals surface area contributed by atoms with Gasteiger partial charge in [-0.25, -0.2) is 4.98 Å². The Kier molecular flexibility index (Phi) is 4.28. The summed E-state index contributed by atoms with van der Waals surface area (Å²) in [6, 6.07) is 0.433. The van der Waals surface area contributed by atoms with E-state index in [9.17, 15) is 4.79 Å². The lowest BCUT2D eigenvalue weighted by molar-refractivity contribution is -0.141. The molecule has 2 N–H and O–H groups in total. The molecule has 0 saturated heterocycles. The molecule has 0 bridgehead atoms. The summed E-state index contributed by atoms with van der Waals surface area (Å²) in [5.74, 6) is -0.182. The van der Waals surface area contributed by atoms with Crippen molar-refractivity contribution < 1.29 is 9.63 Å². The standard InChI is InChI=1S/C19H26N6O2/c1-11-15-16(22-12-7-5-6-8-12)13(10-21-17(15)25(4)23-11)14-9-19(2,27-24-14)18(26)20-3/h10,12H,5-9H2,1-4H3,(H,20,26)(H,21,22). The Bertz CT molecular complexity index is 928. The second-order valence-electron chi connectivity index (χ2n) is 7.70. The number of likely N-dealkylation sites (N-methyl/N-ethyl adjacent to an activating group) is 1. The van der Waals surface area contributed by atoms with Crippen LogP contribution in [0.15, 0.2) is 11.4 Å². The summed E-state index contributed by atoms with van der Waals surface area (Å²) in [6.45, 7) is 3.75. The minimum atomic E-state index is -0.992. The van der Waals surface area contributed by atoms with Crippen LogP contribution in [0.3, 0.4) is 0 Å². The van der Waals surface area contributed by atoms with Crippen LogP contribution < -0.4 is 10.6 Å². The van der Waals surface area contributed by atoms with E-state index >= 15 is 0 Å². The molecule has 8 heteroatoms. The van der Waals surface area contributed by atoms with Crippen molar-refractivity contribution >= 4 is 28.3 Å². The van der Waals surface area contributed by atoms with Crippen LogP contribution in [0.2, 0.25) is 0 Å². The van der Waals surface area contributed by atoms with Gasteiger partial charge in [0.15, 0.2) is 5.65 Å². The number of aromatic nitrogens is 3. The fourth-order valence-corrected chi connectivity index (χ4v) is 4.13. The molecule has 1 atom stereocenters. The molecule has 1 aliphatic heterocycles. The third kappa shape index (κ3) is 2.93. The van der Waals surface area contributed by atoms with Crippen LogP contribution in [0, 0.1) is 6.92 Å². The first-order chi connectivity index (χ1) is 12.9. The Balaban J connectivity index is 1.78. The first-order valence-corrected chi connectivity index (χ1v) is 9.49. The number of aryl methyl sites for hydroxylation is 2. The van der Waals surface area contributed by atoms with Crippen molar-refractivity contribution in [3.63, 3.8) is 0 Å². The SMILES string of the molecule is CNC(=O)C1(C)CC(c2cnc3c(c(C)nn3C)c2NC2CCCC2)=NO1. The van der Waals surface area contributed by atoms with Gasteiger partial charge in [-0.3, -0.25) is 9.48 Å². The third-order valence-corrected chi connectivity index (χ3v) is 5.61. The highest BCUT2D eigenvalue weighted by atomic mass is 16.7. The van der Waals surface area contributed by atoms with E-state index in [0.29, 0.717) is 12.5 Å². The number of amides is 1. The lowest BCUT2D eigenvalue weighted by Crippen LogP contribution is -2.43. The smallest absolute Gasteiger partial charge is 0.266 e. The van der Waals surface area contributed by atoms with Crippen molar-refractivity contribution in [3.8, 4) is 0 Å². The molecule has 1 unspecified atom stereocenters. The van der Waals surface area contributed by atoms with Gasteiger partial charge in [-0.15, -0.1) is 0 Å². The monoisotopic (exact) mass is 370 g/mol. The van der Waals surface area contributed by atoms with Crippen LogP contribution in [-0.4, -0.2) is 45.1 Å². The second-order valence-corrected chi connectivity index (χ2v) is 7.70. The molecule has 27 heavy (non-hydrogen) atoms. The van der Waals surface area contributed by atoms with Crippen LogP contribution in [-0.2, 0) is 16.7 Å². The molecule has 4 rings (SSSR count). The number of fused-ring (bicyclic) bond motifs is 1. The topological polar surface area (TPSA) is 93.4 Å². The molecule has 2 aromatic heterocycles. The largest absolute Gasteiger partial charge is 0.381 e. The minimum Gasteiger partial charge on any atom is -0.381 e. The van der Waals surface area contributed by atoms with E-state index in [2.05, 4.69) is 25.9 Å². The summed E-state index contributed by atoms with van der Waals surface area (Å²) < 4.78 is 1.80. The first kappa shape index (κ1) is 17.8. The van der Waals surface area contributed by atoms with E-state index in [4.69, 9.17) is 4.84 Å². The molecular weight excluding hydrogens is 344 g/mol. The zero-order valence-corrected chi connectivity index (χ0v) is 16.3. The van der Waals surface area contributed by atoms with E-state index < -0.39 is 5.60 Å². The summed E-state index contributed by atoms with van der Waals surface area (Å²) in [7, 11) is 3.51. The van der Waals surface area contributed by atoms with Gasteiger partial charge in [0.1, 0.15) is 0 Å². The van der Waals surface area contributed by atoms with Crippen LogP contribution in [0.25, 0.3) is 11.0 Å². The van der Waals surface area contributed by atoms with Crippen LogP contribution >= 0.6 is 0 Å². The molecule has 1 amide bonds. The van der Waals surface area contributed by atoms with Crippen molar-refractivity contribution in [1.29, 1.82) is 0 Å². The number of rotatable bonds is 4. The van der Waals surface area contributed by atoms with Crippen molar-refractivity contribution in [2.75, 3.05) is 12.4 Å². The Morgan fingerprint density at radius 3 is 2.81 bits per heavy atom. The van der Waals surface area contributed by atoms with Crippen molar-refractivity contribution in [2.24, 2.45) is 12.2 Å². The normalized spacial score (nSPS) is 22.7. The predicted octanol–water partition coefficient (Wildman–Crippen LogP) is 2.26. The highest BCUT2D eigenvalue weighted by Gasteiger charge is 2.42. The van der Waals surface area contributed by atoms with Crippen LogP contribution in [0.5, 0.6) is 0 Å². The number of hydrogen-bond donors (Lipinski definition) is 2. The van der Waals surface area contributed by atoms with E-state index in [1.54, 1.807) is 18.7 Å². The van der Waals surface area contributed by atoms with Crippen molar-refractivity contribution in [3.05, 3.63) is 17.5 Å². The average Bonchev–Trinajstić information content (AvgIpc) is 3.36. The summed E-state index contributed by atoms with van der Waals surface area (Å²) in [6.07, 6.45) is 7.01. The highest BCUT2D eigenvalue weighted by Crippen LogP contribution is 2.35. The number of nitrogens with zero attached hydrogens (tertiary/aromatic N) is 4. The first-order valence-electron chi connectivity index (χ1n) is 9.49. The predicted molar refractivity (Wildman–Crippen MR) is 104 cm³/mol. The molecule has 2 aliphatic rings. The molecule has 3 heterocycles. The van der Waals surface area contributed by atoms with E-state index in [0.717, 1.165) is 46.5 Å². The Morgan fingerprint density at radius 1 is 1.37 bits per heavy atom. The van der Waals surface area contributed by atoms with Gasteiger partial charge in [0, 0.05) is 38.3 Å². The van der Waals surface area contributed by atoms with Gasteiger partial charge in [-0.05, 0) is 26.7 Å². The molecule has 8 nitrogen and oxygen atoms in total. The summed E-state index contributed by atoms with van der Waals surface area (Å²) in [5.41, 5.74) is 3.40. The lowest BCUT2D eigenvalue weighted by Gasteiger charge is -2.20. The summed E-state index contributed by atoms with van der Waals surface area (Å²) in [4.78, 5) is 22.3. The summed E-state index contributed by atoms with van der Waals surface area (Å²) >= 11 is 0. The molecule has 0 spiro atoms. The lowest BCUT2D eigenvalue weighted by atomic mass is 9.94. The number of hydrogen-bond acceptors (Lipinski definition) is 6. The average molecular weight is 370 g/mol. The second kappa shape index (κ2) is 6.51. The number of carbonyl (C=O) groups is 1. The molecule has 1 aliphatic carbocycles. The third-order valence-electron chi connectivity index (χ3n) is 5.61. The van der Waals surface area contributed by atoms with E-state index in [-0.39, 0.29) is 5.91 Å². The quantitative estimate of drug-likeness (QED) is 0.861. The Hall–Kier alpha value is -2.64. The molecule has 1 fully saturated rings. The zero-order valence-electron chi connectivity index (χ0n) is 16.3. The molecule has 0 aromatic carbocycles. The van der Waals surface area contributed by atoms with Gasteiger partial charge in [0.2, 0.25) is 5.60 Å². The van der Waals surface area contributed by atoms with Crippen LogP contribution in [0.1, 0.15) is 50.3 Å². The number of carbonyl (C=O) groups excluding carboxylic acids is 1. The molecule has 2 aromatic rings. The van der Waals surface area contributed by atoms with Crippen LogP contribution in [0.4, 0.5) is 5.69 Å². The number of oxime groups is 1. The van der Waals surface area contributed by atoms with E-state index in [1.807, 2.05) is 20.2 Å². The van der Waals surface area contributed by atoms with Gasteiger partial charge in [-0.1, -0.05) is 18.0 Å². The van der Waals surface area contributed by atoms with Crippen molar-refractivity contribution in [2.45, 2.75) is 57.6 Å². The Morgan fingerprint density at radius 2 is 2.11 bits per heavy atom. The number of pyridine rings is 1. The molecule has 1 saturated carbocycles. The maximum atomic E-state index is 12.2. The van der Waals surface area contributed by atoms with Crippen molar-refractivity contribution in [1.82, 2.24) is 20.1 Å².